The van der Waals surface area contributed by atoms with Crippen molar-refractivity contribution in [1.82, 2.24) is 0 Å². The van der Waals surface area contributed by atoms with Gasteiger partial charge in [0.15, 0.2) is 0 Å². The molecule has 0 radical (unpaired) electrons. The number of benzene rings is 1. The van der Waals surface area contributed by atoms with Gasteiger partial charge < -0.3 is 15.2 Å². The SMILES string of the molecule is CCCCCCCCCCCCNc1cccc(OCCO)c1. The fourth-order valence-corrected chi connectivity index (χ4v) is 2.70. The highest BCUT2D eigenvalue weighted by atomic mass is 16.5. The summed E-state index contributed by atoms with van der Waals surface area (Å²) < 4.78 is 5.41. The Hall–Kier alpha value is -1.22. The minimum atomic E-state index is 0.0518. The number of hydrogen-bond donors (Lipinski definition) is 2. The third kappa shape index (κ3) is 11.0. The third-order valence-electron chi connectivity index (χ3n) is 4.05. The molecule has 0 amide bonds. The number of hydrogen-bond acceptors (Lipinski definition) is 3. The van der Waals surface area contributed by atoms with Crippen molar-refractivity contribution in [2.75, 3.05) is 25.1 Å². The van der Waals surface area contributed by atoms with E-state index in [-0.39, 0.29) is 6.61 Å². The number of unbranched alkanes of at least 4 members (excludes halogenated alkanes) is 9. The van der Waals surface area contributed by atoms with E-state index in [1.54, 1.807) is 0 Å². The topological polar surface area (TPSA) is 41.5 Å². The monoisotopic (exact) mass is 321 g/mol. The zero-order chi connectivity index (χ0) is 16.6. The third-order valence-corrected chi connectivity index (χ3v) is 4.05. The van der Waals surface area contributed by atoms with Crippen LogP contribution in [0.25, 0.3) is 0 Å². The highest BCUT2D eigenvalue weighted by Crippen LogP contribution is 2.17. The van der Waals surface area contributed by atoms with E-state index in [1.807, 2.05) is 18.2 Å². The summed E-state index contributed by atoms with van der Waals surface area (Å²) >= 11 is 0. The molecule has 1 aromatic rings. The van der Waals surface area contributed by atoms with Crippen molar-refractivity contribution in [1.29, 1.82) is 0 Å². The number of rotatable bonds is 15. The van der Waals surface area contributed by atoms with Crippen molar-refractivity contribution in [2.24, 2.45) is 0 Å². The van der Waals surface area contributed by atoms with Crippen molar-refractivity contribution < 1.29 is 9.84 Å². The molecular formula is C20H35NO2. The lowest BCUT2D eigenvalue weighted by atomic mass is 10.1. The van der Waals surface area contributed by atoms with Crippen LogP contribution in [0.2, 0.25) is 0 Å². The standard InChI is InChI=1S/C20H35NO2/c1-2-3-4-5-6-7-8-9-10-11-15-21-19-13-12-14-20(18-19)23-17-16-22/h12-14,18,21-22H,2-11,15-17H2,1H3. The lowest BCUT2D eigenvalue weighted by Crippen LogP contribution is -2.04. The summed E-state index contributed by atoms with van der Waals surface area (Å²) in [4.78, 5) is 0. The van der Waals surface area contributed by atoms with Gasteiger partial charge >= 0.3 is 0 Å². The van der Waals surface area contributed by atoms with E-state index in [0.717, 1.165) is 18.0 Å². The first kappa shape index (κ1) is 19.8. The summed E-state index contributed by atoms with van der Waals surface area (Å²) in [6, 6.07) is 7.95. The maximum atomic E-state index is 8.77. The van der Waals surface area contributed by atoms with Crippen LogP contribution in [-0.2, 0) is 0 Å². The van der Waals surface area contributed by atoms with Crippen molar-refractivity contribution in [3.05, 3.63) is 24.3 Å². The molecule has 0 aliphatic heterocycles. The fraction of sp³-hybridized carbons (Fsp3) is 0.700. The molecule has 1 aromatic carbocycles. The van der Waals surface area contributed by atoms with Crippen LogP contribution < -0.4 is 10.1 Å². The van der Waals surface area contributed by atoms with Crippen LogP contribution in [0, 0.1) is 0 Å². The Labute approximate surface area is 142 Å². The summed E-state index contributed by atoms with van der Waals surface area (Å²) in [6.45, 7) is 3.69. The van der Waals surface area contributed by atoms with Crippen molar-refractivity contribution >= 4 is 5.69 Å². The van der Waals surface area contributed by atoms with E-state index in [2.05, 4.69) is 18.3 Å². The molecule has 3 heteroatoms. The van der Waals surface area contributed by atoms with Crippen LogP contribution >= 0.6 is 0 Å². The summed E-state index contributed by atoms with van der Waals surface area (Å²) in [7, 11) is 0. The molecule has 0 saturated carbocycles. The van der Waals surface area contributed by atoms with Gasteiger partial charge in [0.1, 0.15) is 12.4 Å². The first-order valence-corrected chi connectivity index (χ1v) is 9.44. The molecule has 0 aromatic heterocycles. The molecule has 1 rings (SSSR count). The van der Waals surface area contributed by atoms with Crippen LogP contribution in [0.5, 0.6) is 5.75 Å². The van der Waals surface area contributed by atoms with Gasteiger partial charge in [-0.25, -0.2) is 0 Å². The lowest BCUT2D eigenvalue weighted by Gasteiger charge is -2.09. The molecule has 0 heterocycles. The molecule has 23 heavy (non-hydrogen) atoms. The Balaban J connectivity index is 1.96. The molecule has 2 N–H and O–H groups in total. The zero-order valence-corrected chi connectivity index (χ0v) is 14.9. The Morgan fingerprint density at radius 3 is 2.22 bits per heavy atom. The molecule has 0 unspecified atom stereocenters. The highest BCUT2D eigenvalue weighted by molar-refractivity contribution is 5.48. The number of aliphatic hydroxyl groups is 1. The molecule has 132 valence electrons. The lowest BCUT2D eigenvalue weighted by molar-refractivity contribution is 0.201. The Morgan fingerprint density at radius 1 is 0.913 bits per heavy atom. The van der Waals surface area contributed by atoms with Crippen LogP contribution in [0.3, 0.4) is 0 Å². The van der Waals surface area contributed by atoms with E-state index in [4.69, 9.17) is 9.84 Å². The van der Waals surface area contributed by atoms with E-state index in [0.29, 0.717) is 6.61 Å². The molecular weight excluding hydrogens is 286 g/mol. The summed E-state index contributed by atoms with van der Waals surface area (Å²) in [5.41, 5.74) is 1.09. The Morgan fingerprint density at radius 2 is 1.57 bits per heavy atom. The minimum Gasteiger partial charge on any atom is -0.491 e. The molecule has 0 aliphatic carbocycles. The number of aliphatic hydroxyl groups excluding tert-OH is 1. The van der Waals surface area contributed by atoms with E-state index in [1.165, 1.54) is 64.2 Å². The second kappa shape index (κ2) is 14.4. The van der Waals surface area contributed by atoms with Gasteiger partial charge in [0.25, 0.3) is 0 Å². The van der Waals surface area contributed by atoms with Crippen LogP contribution in [0.1, 0.15) is 71.1 Å². The van der Waals surface area contributed by atoms with Gasteiger partial charge in [0.05, 0.1) is 6.61 Å². The van der Waals surface area contributed by atoms with Gasteiger partial charge in [0.2, 0.25) is 0 Å². The quantitative estimate of drug-likeness (QED) is 0.425. The number of nitrogens with one attached hydrogen (secondary N) is 1. The van der Waals surface area contributed by atoms with Crippen LogP contribution in [0.4, 0.5) is 5.69 Å². The molecule has 0 atom stereocenters. The van der Waals surface area contributed by atoms with Gasteiger partial charge in [-0.15, -0.1) is 0 Å². The molecule has 0 fully saturated rings. The molecule has 0 bridgehead atoms. The predicted octanol–water partition coefficient (Wildman–Crippen LogP) is 5.39. The van der Waals surface area contributed by atoms with Crippen LogP contribution in [-0.4, -0.2) is 24.9 Å². The summed E-state index contributed by atoms with van der Waals surface area (Å²) in [5.74, 6) is 0.812. The van der Waals surface area contributed by atoms with Gasteiger partial charge in [-0.2, -0.15) is 0 Å². The summed E-state index contributed by atoms with van der Waals surface area (Å²) in [6.07, 6.45) is 13.7. The number of ether oxygens (including phenoxy) is 1. The molecule has 3 nitrogen and oxygen atoms in total. The van der Waals surface area contributed by atoms with E-state index < -0.39 is 0 Å². The Bertz CT molecular complexity index is 382. The molecule has 0 spiro atoms. The first-order chi connectivity index (χ1) is 11.4. The zero-order valence-electron chi connectivity index (χ0n) is 14.9. The smallest absolute Gasteiger partial charge is 0.121 e. The summed E-state index contributed by atoms with van der Waals surface area (Å²) in [5, 5.41) is 12.2. The largest absolute Gasteiger partial charge is 0.491 e. The van der Waals surface area contributed by atoms with E-state index >= 15 is 0 Å². The average Bonchev–Trinajstić information content (AvgIpc) is 2.58. The predicted molar refractivity (Wildman–Crippen MR) is 99.4 cm³/mol. The van der Waals surface area contributed by atoms with Crippen LogP contribution in [0.15, 0.2) is 24.3 Å². The second-order valence-electron chi connectivity index (χ2n) is 6.21. The van der Waals surface area contributed by atoms with E-state index in [9.17, 15) is 0 Å². The molecule has 0 saturated heterocycles. The Kier molecular flexibility index (Phi) is 12.4. The number of anilines is 1. The fourth-order valence-electron chi connectivity index (χ4n) is 2.70. The van der Waals surface area contributed by atoms with Crippen molar-refractivity contribution in [2.45, 2.75) is 71.1 Å². The minimum absolute atomic E-state index is 0.0518. The second-order valence-corrected chi connectivity index (χ2v) is 6.21. The highest BCUT2D eigenvalue weighted by Gasteiger charge is 1.97. The van der Waals surface area contributed by atoms with Gasteiger partial charge in [-0.05, 0) is 18.6 Å². The van der Waals surface area contributed by atoms with Crippen molar-refractivity contribution in [3.8, 4) is 5.75 Å². The van der Waals surface area contributed by atoms with Gasteiger partial charge in [-0.3, -0.25) is 0 Å². The van der Waals surface area contributed by atoms with Gasteiger partial charge in [-0.1, -0.05) is 70.8 Å². The first-order valence-electron chi connectivity index (χ1n) is 9.44. The average molecular weight is 322 g/mol. The van der Waals surface area contributed by atoms with Gasteiger partial charge in [0, 0.05) is 18.3 Å². The molecule has 0 aliphatic rings. The maximum absolute atomic E-state index is 8.77. The normalized spacial score (nSPS) is 10.7. The van der Waals surface area contributed by atoms with Crippen molar-refractivity contribution in [3.63, 3.8) is 0 Å². The maximum Gasteiger partial charge on any atom is 0.121 e.